The number of carbonyl (C=O) groups is 1. The summed E-state index contributed by atoms with van der Waals surface area (Å²) in [7, 11) is 0. The average Bonchev–Trinajstić information content (AvgIpc) is 2.82. The lowest BCUT2D eigenvalue weighted by Gasteiger charge is -2.31. The third-order valence-electron chi connectivity index (χ3n) is 4.37. The minimum Gasteiger partial charge on any atom is -0.322 e. The molecule has 3 fully saturated rings. The van der Waals surface area contributed by atoms with Gasteiger partial charge in [0.1, 0.15) is 0 Å². The molecule has 0 bridgehead atoms. The van der Waals surface area contributed by atoms with E-state index in [0.717, 1.165) is 12.8 Å². The Morgan fingerprint density at radius 1 is 1.44 bits per heavy atom. The second-order valence-electron chi connectivity index (χ2n) is 5.39. The van der Waals surface area contributed by atoms with Gasteiger partial charge >= 0.3 is 0 Å². The summed E-state index contributed by atoms with van der Waals surface area (Å²) in [6.45, 7) is 2.14. The fraction of sp³-hybridized carbons (Fsp3) is 0.917. The number of carbonyl (C=O) groups excluding carboxylic acids is 1. The van der Waals surface area contributed by atoms with Crippen molar-refractivity contribution in [3.05, 3.63) is 0 Å². The molecule has 1 N–H and O–H groups in total. The SMILES string of the molecule is CSC1CCCC1N1C(=O)C2(CC2)NC1C. The zero-order valence-electron chi connectivity index (χ0n) is 10.0. The van der Waals surface area contributed by atoms with E-state index in [0.29, 0.717) is 17.2 Å². The topological polar surface area (TPSA) is 32.3 Å². The number of amides is 1. The lowest BCUT2D eigenvalue weighted by Crippen LogP contribution is -2.46. The third-order valence-corrected chi connectivity index (χ3v) is 5.53. The Labute approximate surface area is 101 Å². The van der Waals surface area contributed by atoms with Gasteiger partial charge < -0.3 is 4.90 Å². The van der Waals surface area contributed by atoms with E-state index in [1.807, 2.05) is 11.8 Å². The van der Waals surface area contributed by atoms with Crippen molar-refractivity contribution in [2.24, 2.45) is 0 Å². The molecule has 16 heavy (non-hydrogen) atoms. The number of hydrogen-bond acceptors (Lipinski definition) is 3. The summed E-state index contributed by atoms with van der Waals surface area (Å²) in [4.78, 5) is 14.6. The Hall–Kier alpha value is -0.220. The summed E-state index contributed by atoms with van der Waals surface area (Å²) in [5, 5.41) is 4.15. The Kier molecular flexibility index (Phi) is 2.48. The van der Waals surface area contributed by atoms with Crippen LogP contribution in [0.2, 0.25) is 0 Å². The first-order valence-corrected chi connectivity index (χ1v) is 7.60. The van der Waals surface area contributed by atoms with Crippen molar-refractivity contribution in [3.63, 3.8) is 0 Å². The van der Waals surface area contributed by atoms with Crippen LogP contribution in [0.4, 0.5) is 0 Å². The highest BCUT2D eigenvalue weighted by atomic mass is 32.2. The van der Waals surface area contributed by atoms with Gasteiger partial charge in [-0.1, -0.05) is 6.42 Å². The smallest absolute Gasteiger partial charge is 0.244 e. The van der Waals surface area contributed by atoms with E-state index in [-0.39, 0.29) is 11.7 Å². The molecule has 3 unspecified atom stereocenters. The second-order valence-corrected chi connectivity index (χ2v) is 6.46. The summed E-state index contributed by atoms with van der Waals surface area (Å²) in [5.41, 5.74) is -0.134. The van der Waals surface area contributed by atoms with Gasteiger partial charge in [0.2, 0.25) is 5.91 Å². The van der Waals surface area contributed by atoms with Crippen molar-refractivity contribution in [2.45, 2.75) is 62.0 Å². The monoisotopic (exact) mass is 240 g/mol. The number of rotatable bonds is 2. The molecular weight excluding hydrogens is 220 g/mol. The lowest BCUT2D eigenvalue weighted by molar-refractivity contribution is -0.132. The number of thioether (sulfide) groups is 1. The van der Waals surface area contributed by atoms with Crippen molar-refractivity contribution in [1.29, 1.82) is 0 Å². The maximum atomic E-state index is 12.4. The van der Waals surface area contributed by atoms with Crippen LogP contribution in [0.15, 0.2) is 0 Å². The van der Waals surface area contributed by atoms with Gasteiger partial charge in [-0.05, 0) is 38.9 Å². The van der Waals surface area contributed by atoms with E-state index in [1.165, 1.54) is 19.3 Å². The number of nitrogens with zero attached hydrogens (tertiary/aromatic N) is 1. The van der Waals surface area contributed by atoms with Crippen molar-refractivity contribution in [1.82, 2.24) is 10.2 Å². The Morgan fingerprint density at radius 2 is 2.19 bits per heavy atom. The van der Waals surface area contributed by atoms with Crippen molar-refractivity contribution in [2.75, 3.05) is 6.26 Å². The van der Waals surface area contributed by atoms with Crippen LogP contribution in [0.3, 0.4) is 0 Å². The highest BCUT2D eigenvalue weighted by Gasteiger charge is 2.60. The third kappa shape index (κ3) is 1.42. The number of nitrogens with one attached hydrogen (secondary N) is 1. The molecule has 0 radical (unpaired) electrons. The van der Waals surface area contributed by atoms with Crippen molar-refractivity contribution in [3.8, 4) is 0 Å². The molecule has 2 aliphatic carbocycles. The fourth-order valence-corrected chi connectivity index (χ4v) is 4.36. The molecule has 1 aliphatic heterocycles. The van der Waals surface area contributed by atoms with Gasteiger partial charge in [0.15, 0.2) is 0 Å². The van der Waals surface area contributed by atoms with Gasteiger partial charge in [-0.25, -0.2) is 0 Å². The van der Waals surface area contributed by atoms with E-state index in [4.69, 9.17) is 0 Å². The van der Waals surface area contributed by atoms with Gasteiger partial charge in [0.25, 0.3) is 0 Å². The minimum atomic E-state index is -0.134. The molecule has 2 saturated carbocycles. The molecule has 4 heteroatoms. The van der Waals surface area contributed by atoms with Crippen molar-refractivity contribution >= 4 is 17.7 Å². The van der Waals surface area contributed by atoms with Gasteiger partial charge in [-0.3, -0.25) is 10.1 Å². The molecule has 3 nitrogen and oxygen atoms in total. The van der Waals surface area contributed by atoms with Crippen LogP contribution in [-0.2, 0) is 4.79 Å². The fourth-order valence-electron chi connectivity index (χ4n) is 3.37. The van der Waals surface area contributed by atoms with Crippen LogP contribution < -0.4 is 5.32 Å². The molecule has 1 amide bonds. The molecule has 0 aromatic heterocycles. The van der Waals surface area contributed by atoms with E-state index >= 15 is 0 Å². The molecule has 3 atom stereocenters. The molecular formula is C12H20N2OS. The molecule has 1 saturated heterocycles. The van der Waals surface area contributed by atoms with Crippen molar-refractivity contribution < 1.29 is 4.79 Å². The predicted molar refractivity (Wildman–Crippen MR) is 66.4 cm³/mol. The molecule has 90 valence electrons. The summed E-state index contributed by atoms with van der Waals surface area (Å²) in [5.74, 6) is 0.381. The molecule has 1 heterocycles. The first kappa shape index (κ1) is 10.9. The average molecular weight is 240 g/mol. The van der Waals surface area contributed by atoms with Gasteiger partial charge in [-0.2, -0.15) is 11.8 Å². The number of hydrogen-bond donors (Lipinski definition) is 1. The Bertz CT molecular complexity index is 316. The highest BCUT2D eigenvalue weighted by molar-refractivity contribution is 7.99. The van der Waals surface area contributed by atoms with Crippen LogP contribution >= 0.6 is 11.8 Å². The zero-order valence-corrected chi connectivity index (χ0v) is 10.8. The predicted octanol–water partition coefficient (Wildman–Crippen LogP) is 1.58. The minimum absolute atomic E-state index is 0.134. The summed E-state index contributed by atoms with van der Waals surface area (Å²) in [6.07, 6.45) is 8.25. The Morgan fingerprint density at radius 3 is 2.75 bits per heavy atom. The van der Waals surface area contributed by atoms with Crippen LogP contribution in [0, 0.1) is 0 Å². The normalized spacial score (nSPS) is 41.0. The van der Waals surface area contributed by atoms with E-state index in [1.54, 1.807) is 0 Å². The van der Waals surface area contributed by atoms with Crippen LogP contribution in [-0.4, -0.2) is 40.1 Å². The molecule has 1 spiro atoms. The van der Waals surface area contributed by atoms with E-state index < -0.39 is 0 Å². The quantitative estimate of drug-likeness (QED) is 0.795. The largest absolute Gasteiger partial charge is 0.322 e. The lowest BCUT2D eigenvalue weighted by atomic mass is 10.2. The molecule has 3 aliphatic rings. The van der Waals surface area contributed by atoms with Gasteiger partial charge in [-0.15, -0.1) is 0 Å². The summed E-state index contributed by atoms with van der Waals surface area (Å²) >= 11 is 1.93. The molecule has 0 aromatic rings. The standard InChI is InChI=1S/C12H20N2OS/c1-8-13-12(6-7-12)11(15)14(8)9-4-3-5-10(9)16-2/h8-10,13H,3-7H2,1-2H3. The van der Waals surface area contributed by atoms with Gasteiger partial charge in [0.05, 0.1) is 11.7 Å². The molecule has 3 rings (SSSR count). The van der Waals surface area contributed by atoms with Crippen LogP contribution in [0.25, 0.3) is 0 Å². The van der Waals surface area contributed by atoms with Crippen LogP contribution in [0.5, 0.6) is 0 Å². The maximum Gasteiger partial charge on any atom is 0.244 e. The first-order chi connectivity index (χ1) is 7.68. The molecule has 0 aromatic carbocycles. The second kappa shape index (κ2) is 3.64. The summed E-state index contributed by atoms with van der Waals surface area (Å²) in [6, 6.07) is 0.477. The van der Waals surface area contributed by atoms with Crippen LogP contribution in [0.1, 0.15) is 39.0 Å². The highest BCUT2D eigenvalue weighted by Crippen LogP contribution is 2.45. The Balaban J connectivity index is 1.81. The van der Waals surface area contributed by atoms with Gasteiger partial charge in [0, 0.05) is 11.3 Å². The maximum absolute atomic E-state index is 12.4. The first-order valence-electron chi connectivity index (χ1n) is 6.31. The van der Waals surface area contributed by atoms with E-state index in [2.05, 4.69) is 23.4 Å². The summed E-state index contributed by atoms with van der Waals surface area (Å²) < 4.78 is 0. The van der Waals surface area contributed by atoms with E-state index in [9.17, 15) is 4.79 Å². The zero-order chi connectivity index (χ0) is 11.3.